The lowest BCUT2D eigenvalue weighted by Crippen LogP contribution is -1.87. The van der Waals surface area contributed by atoms with Gasteiger partial charge in [0.15, 0.2) is 0 Å². The molecule has 0 saturated heterocycles. The highest BCUT2D eigenvalue weighted by atomic mass is 14.1. The van der Waals surface area contributed by atoms with Gasteiger partial charge in [-0.25, -0.2) is 0 Å². The molecule has 0 amide bonds. The van der Waals surface area contributed by atoms with Gasteiger partial charge in [0.05, 0.1) is 16.8 Å². The summed E-state index contributed by atoms with van der Waals surface area (Å²) in [4.78, 5) is 0. The van der Waals surface area contributed by atoms with E-state index in [1.165, 1.54) is 43.1 Å². The Balaban J connectivity index is 2.24. The van der Waals surface area contributed by atoms with Gasteiger partial charge < -0.3 is 0 Å². The molecule has 5 aromatic rings. The van der Waals surface area contributed by atoms with E-state index in [2.05, 4.69) is 73.7 Å². The Morgan fingerprint density at radius 3 is 2.24 bits per heavy atom. The lowest BCUT2D eigenvalue weighted by atomic mass is 9.89. The second-order valence-electron chi connectivity index (χ2n) is 5.75. The summed E-state index contributed by atoms with van der Waals surface area (Å²) >= 11 is 0. The molecule has 0 fully saturated rings. The zero-order valence-electron chi connectivity index (χ0n) is 11.6. The van der Waals surface area contributed by atoms with E-state index in [4.69, 9.17) is 0 Å². The van der Waals surface area contributed by atoms with E-state index in [1.807, 2.05) is 0 Å². The summed E-state index contributed by atoms with van der Waals surface area (Å²) in [6, 6.07) is 24.1. The number of hydrogen-bond donors (Lipinski definition) is 0. The van der Waals surface area contributed by atoms with Crippen LogP contribution in [0.1, 0.15) is 5.56 Å². The summed E-state index contributed by atoms with van der Waals surface area (Å²) in [5.74, 6) is 0. The smallest absolute Gasteiger partial charge is 0.0616 e. The number of fused-ring (bicyclic) bond motifs is 2. The SMILES string of the molecule is [CH2+]c1cc2cc3ccccc3c3ccc4cccc1c4c23. The Morgan fingerprint density at radius 1 is 0.524 bits per heavy atom. The summed E-state index contributed by atoms with van der Waals surface area (Å²) in [5.41, 5.74) is 1.11. The predicted molar refractivity (Wildman–Crippen MR) is 92.1 cm³/mol. The molecule has 0 aromatic heterocycles. The van der Waals surface area contributed by atoms with Crippen LogP contribution in [0, 0.1) is 6.92 Å². The summed E-state index contributed by atoms with van der Waals surface area (Å²) in [6.07, 6.45) is 0. The van der Waals surface area contributed by atoms with Crippen LogP contribution in [0.3, 0.4) is 0 Å². The standard InChI is InChI=1S/C21H13/c1-13-11-16-12-15-5-2-3-7-18(15)19-10-9-14-6-4-8-17(13)20(14)21(16)19/h2-12H,1H2/q+1. The first-order valence-corrected chi connectivity index (χ1v) is 7.24. The van der Waals surface area contributed by atoms with Gasteiger partial charge in [0.1, 0.15) is 5.56 Å². The van der Waals surface area contributed by atoms with Gasteiger partial charge in [-0.1, -0.05) is 42.5 Å². The van der Waals surface area contributed by atoms with Crippen LogP contribution in [0.5, 0.6) is 0 Å². The van der Waals surface area contributed by atoms with Crippen LogP contribution in [0.15, 0.2) is 66.7 Å². The highest BCUT2D eigenvalue weighted by molar-refractivity contribution is 6.29. The van der Waals surface area contributed by atoms with E-state index in [9.17, 15) is 0 Å². The Labute approximate surface area is 123 Å². The molecule has 0 bridgehead atoms. The van der Waals surface area contributed by atoms with E-state index >= 15 is 0 Å². The monoisotopic (exact) mass is 265 g/mol. The van der Waals surface area contributed by atoms with Crippen molar-refractivity contribution in [2.24, 2.45) is 0 Å². The average molecular weight is 265 g/mol. The van der Waals surface area contributed by atoms with Crippen molar-refractivity contribution >= 4 is 43.1 Å². The highest BCUT2D eigenvalue weighted by Gasteiger charge is 2.16. The van der Waals surface area contributed by atoms with Crippen LogP contribution in [-0.4, -0.2) is 0 Å². The van der Waals surface area contributed by atoms with Crippen molar-refractivity contribution < 1.29 is 0 Å². The molecule has 96 valence electrons. The van der Waals surface area contributed by atoms with Crippen molar-refractivity contribution in [3.05, 3.63) is 79.2 Å². The molecule has 0 aliphatic heterocycles. The maximum absolute atomic E-state index is 4.25. The Morgan fingerprint density at radius 2 is 1.29 bits per heavy atom. The first-order chi connectivity index (χ1) is 10.3. The van der Waals surface area contributed by atoms with Crippen molar-refractivity contribution in [3.8, 4) is 0 Å². The zero-order chi connectivity index (χ0) is 14.0. The topological polar surface area (TPSA) is 0 Å². The molecule has 0 unspecified atom stereocenters. The van der Waals surface area contributed by atoms with Gasteiger partial charge in [-0.2, -0.15) is 0 Å². The Hall–Kier alpha value is -2.73. The molecule has 0 spiro atoms. The zero-order valence-corrected chi connectivity index (χ0v) is 11.6. The predicted octanol–water partition coefficient (Wildman–Crippen LogP) is 5.92. The van der Waals surface area contributed by atoms with Crippen LogP contribution >= 0.6 is 0 Å². The number of rotatable bonds is 0. The maximum atomic E-state index is 4.25. The molecule has 0 saturated carbocycles. The molecule has 0 radical (unpaired) electrons. The third-order valence-corrected chi connectivity index (χ3v) is 4.57. The summed E-state index contributed by atoms with van der Waals surface area (Å²) in [5, 5.41) is 10.5. The van der Waals surface area contributed by atoms with Crippen LogP contribution in [0.25, 0.3) is 43.1 Å². The van der Waals surface area contributed by atoms with Crippen LogP contribution in [-0.2, 0) is 0 Å². The van der Waals surface area contributed by atoms with Crippen molar-refractivity contribution in [3.63, 3.8) is 0 Å². The second kappa shape index (κ2) is 3.67. The van der Waals surface area contributed by atoms with Crippen molar-refractivity contribution in [1.82, 2.24) is 0 Å². The summed E-state index contributed by atoms with van der Waals surface area (Å²) < 4.78 is 0. The maximum Gasteiger partial charge on any atom is 0.135 e. The van der Waals surface area contributed by atoms with Crippen LogP contribution < -0.4 is 0 Å². The van der Waals surface area contributed by atoms with E-state index in [-0.39, 0.29) is 0 Å². The molecule has 0 aliphatic rings. The minimum atomic E-state index is 1.11. The van der Waals surface area contributed by atoms with Crippen molar-refractivity contribution in [2.45, 2.75) is 0 Å². The quantitative estimate of drug-likeness (QED) is 0.185. The van der Waals surface area contributed by atoms with Crippen molar-refractivity contribution in [2.75, 3.05) is 0 Å². The molecule has 0 heteroatoms. The third-order valence-electron chi connectivity index (χ3n) is 4.57. The van der Waals surface area contributed by atoms with Crippen LogP contribution in [0.4, 0.5) is 0 Å². The van der Waals surface area contributed by atoms with E-state index < -0.39 is 0 Å². The molecular weight excluding hydrogens is 252 g/mol. The van der Waals surface area contributed by atoms with Crippen LogP contribution in [0.2, 0.25) is 0 Å². The first kappa shape index (κ1) is 11.0. The van der Waals surface area contributed by atoms with Gasteiger partial charge in [0.2, 0.25) is 0 Å². The molecule has 0 atom stereocenters. The van der Waals surface area contributed by atoms with Gasteiger partial charge in [0, 0.05) is 23.8 Å². The fourth-order valence-corrected chi connectivity index (χ4v) is 3.66. The fourth-order valence-electron chi connectivity index (χ4n) is 3.66. The largest absolute Gasteiger partial charge is 0.135 e. The van der Waals surface area contributed by atoms with E-state index in [0.29, 0.717) is 0 Å². The summed E-state index contributed by atoms with van der Waals surface area (Å²) in [6.45, 7) is 4.25. The molecule has 0 nitrogen and oxygen atoms in total. The normalized spacial score (nSPS) is 12.0. The molecule has 0 heterocycles. The molecular formula is C21H13+. The van der Waals surface area contributed by atoms with E-state index in [0.717, 1.165) is 5.56 Å². The van der Waals surface area contributed by atoms with Gasteiger partial charge in [-0.15, -0.1) is 0 Å². The minimum Gasteiger partial charge on any atom is -0.0616 e. The fraction of sp³-hybridized carbons (Fsp3) is 0. The number of benzene rings is 5. The lowest BCUT2D eigenvalue weighted by Gasteiger charge is -2.10. The van der Waals surface area contributed by atoms with Gasteiger partial charge >= 0.3 is 0 Å². The van der Waals surface area contributed by atoms with E-state index in [1.54, 1.807) is 0 Å². The Kier molecular flexibility index (Phi) is 1.92. The van der Waals surface area contributed by atoms with Gasteiger partial charge in [-0.3, -0.25) is 0 Å². The van der Waals surface area contributed by atoms with Gasteiger partial charge in [0.25, 0.3) is 0 Å². The minimum absolute atomic E-state index is 1.11. The average Bonchev–Trinajstić information content (AvgIpc) is 2.53. The lowest BCUT2D eigenvalue weighted by molar-refractivity contribution is 1.73. The van der Waals surface area contributed by atoms with Crippen molar-refractivity contribution in [1.29, 1.82) is 0 Å². The third kappa shape index (κ3) is 1.32. The molecule has 0 aliphatic carbocycles. The number of hydrogen-bond acceptors (Lipinski definition) is 0. The summed E-state index contributed by atoms with van der Waals surface area (Å²) in [7, 11) is 0. The molecule has 5 rings (SSSR count). The van der Waals surface area contributed by atoms with Gasteiger partial charge in [-0.05, 0) is 33.7 Å². The Bertz CT molecular complexity index is 1130. The molecule has 0 N–H and O–H groups in total. The second-order valence-corrected chi connectivity index (χ2v) is 5.75. The molecule has 21 heavy (non-hydrogen) atoms. The first-order valence-electron chi connectivity index (χ1n) is 7.24. The molecule has 5 aromatic carbocycles. The highest BCUT2D eigenvalue weighted by Crippen LogP contribution is 2.39.